The lowest BCUT2D eigenvalue weighted by Crippen LogP contribution is -2.26. The van der Waals surface area contributed by atoms with E-state index in [-0.39, 0.29) is 22.7 Å². The molecule has 30 heavy (non-hydrogen) atoms. The minimum Gasteiger partial charge on any atom is -0.508 e. The van der Waals surface area contributed by atoms with Crippen molar-refractivity contribution in [2.24, 2.45) is 0 Å². The molecule has 8 heteroatoms. The third-order valence-corrected chi connectivity index (χ3v) is 4.25. The first kappa shape index (κ1) is 20.5. The summed E-state index contributed by atoms with van der Waals surface area (Å²) in [6, 6.07) is 18.2. The Hall–Kier alpha value is -4.20. The summed E-state index contributed by atoms with van der Waals surface area (Å²) < 4.78 is 5.40. The van der Waals surface area contributed by atoms with E-state index in [0.29, 0.717) is 11.1 Å². The molecule has 0 heterocycles. The Kier molecular flexibility index (Phi) is 6.07. The Morgan fingerprint density at radius 2 is 1.77 bits per heavy atom. The van der Waals surface area contributed by atoms with Gasteiger partial charge in [0.15, 0.2) is 0 Å². The van der Waals surface area contributed by atoms with E-state index in [0.717, 1.165) is 0 Å². The fourth-order valence-electron chi connectivity index (χ4n) is 2.81. The molecule has 3 aromatic rings. The summed E-state index contributed by atoms with van der Waals surface area (Å²) in [5.74, 6) is -1.70. The van der Waals surface area contributed by atoms with Crippen LogP contribution in [0.1, 0.15) is 27.6 Å². The van der Waals surface area contributed by atoms with Gasteiger partial charge in [-0.1, -0.05) is 42.5 Å². The van der Waals surface area contributed by atoms with E-state index in [9.17, 15) is 24.8 Å². The maximum Gasteiger partial charge on any atom is 0.339 e. The van der Waals surface area contributed by atoms with Crippen molar-refractivity contribution in [3.63, 3.8) is 0 Å². The molecule has 3 rings (SSSR count). The summed E-state index contributed by atoms with van der Waals surface area (Å²) in [5.41, 5.74) is 0.831. The number of amides is 1. The van der Waals surface area contributed by atoms with E-state index >= 15 is 0 Å². The zero-order valence-corrected chi connectivity index (χ0v) is 15.9. The van der Waals surface area contributed by atoms with E-state index in [1.54, 1.807) is 43.3 Å². The number of carbonyl (C=O) groups is 2. The van der Waals surface area contributed by atoms with Gasteiger partial charge in [0.25, 0.3) is 11.6 Å². The zero-order chi connectivity index (χ0) is 21.7. The van der Waals surface area contributed by atoms with Gasteiger partial charge < -0.3 is 15.2 Å². The third kappa shape index (κ3) is 4.79. The molecule has 0 radical (unpaired) electrons. The average molecular weight is 406 g/mol. The number of phenols is 1. The van der Waals surface area contributed by atoms with Gasteiger partial charge in [0, 0.05) is 11.6 Å². The molecule has 2 N–H and O–H groups in total. The van der Waals surface area contributed by atoms with Crippen molar-refractivity contribution in [2.75, 3.05) is 5.32 Å². The Balaban J connectivity index is 1.91. The van der Waals surface area contributed by atoms with Crippen LogP contribution in [0.5, 0.6) is 5.75 Å². The summed E-state index contributed by atoms with van der Waals surface area (Å²) in [7, 11) is 0. The van der Waals surface area contributed by atoms with Crippen molar-refractivity contribution < 1.29 is 24.4 Å². The molecule has 0 spiro atoms. The number of anilines is 1. The van der Waals surface area contributed by atoms with E-state index in [1.807, 2.05) is 0 Å². The molecule has 0 unspecified atom stereocenters. The number of nitro benzene ring substituents is 1. The Labute approximate surface area is 171 Å². The predicted molar refractivity (Wildman–Crippen MR) is 109 cm³/mol. The van der Waals surface area contributed by atoms with Gasteiger partial charge in [0.05, 0.1) is 10.5 Å². The molecule has 1 atom stereocenters. The molecule has 0 saturated carbocycles. The van der Waals surface area contributed by atoms with Gasteiger partial charge in [-0.25, -0.2) is 4.79 Å². The van der Waals surface area contributed by atoms with Crippen LogP contribution in [-0.2, 0) is 9.53 Å². The van der Waals surface area contributed by atoms with Crippen molar-refractivity contribution in [1.82, 2.24) is 0 Å². The predicted octanol–water partition coefficient (Wildman–Crippen LogP) is 4.15. The van der Waals surface area contributed by atoms with Crippen LogP contribution in [0.15, 0.2) is 72.8 Å². The van der Waals surface area contributed by atoms with Crippen molar-refractivity contribution in [3.05, 3.63) is 99.6 Å². The zero-order valence-electron chi connectivity index (χ0n) is 15.9. The normalized spacial score (nSPS) is 11.4. The highest BCUT2D eigenvalue weighted by Gasteiger charge is 2.28. The fourth-order valence-corrected chi connectivity index (χ4v) is 2.81. The van der Waals surface area contributed by atoms with Gasteiger partial charge in [0.2, 0.25) is 6.10 Å². The molecule has 1 amide bonds. The number of nitrogens with one attached hydrogen (secondary N) is 1. The molecular weight excluding hydrogens is 388 g/mol. The minimum atomic E-state index is -1.36. The molecule has 0 saturated heterocycles. The molecule has 0 bridgehead atoms. The van der Waals surface area contributed by atoms with E-state index in [2.05, 4.69) is 5.32 Å². The van der Waals surface area contributed by atoms with Crippen LogP contribution >= 0.6 is 0 Å². The number of esters is 1. The second-order valence-corrected chi connectivity index (χ2v) is 6.51. The van der Waals surface area contributed by atoms with Crippen LogP contribution in [-0.4, -0.2) is 21.9 Å². The number of hydrogen-bond donors (Lipinski definition) is 2. The van der Waals surface area contributed by atoms with Crippen molar-refractivity contribution in [3.8, 4) is 5.75 Å². The molecule has 8 nitrogen and oxygen atoms in total. The van der Waals surface area contributed by atoms with Crippen LogP contribution < -0.4 is 5.32 Å². The van der Waals surface area contributed by atoms with Crippen LogP contribution in [0, 0.1) is 17.0 Å². The lowest BCUT2D eigenvalue weighted by Gasteiger charge is -2.18. The first-order valence-corrected chi connectivity index (χ1v) is 8.96. The minimum absolute atomic E-state index is 0.00932. The molecule has 152 valence electrons. The number of aryl methyl sites for hydroxylation is 1. The molecule has 3 aromatic carbocycles. The summed E-state index contributed by atoms with van der Waals surface area (Å²) in [4.78, 5) is 36.2. The smallest absolute Gasteiger partial charge is 0.339 e. The number of phenolic OH excluding ortho intramolecular Hbond substituents is 1. The van der Waals surface area contributed by atoms with E-state index in [4.69, 9.17) is 4.74 Å². The van der Waals surface area contributed by atoms with Gasteiger partial charge in [-0.2, -0.15) is 0 Å². The lowest BCUT2D eigenvalue weighted by atomic mass is 10.1. The van der Waals surface area contributed by atoms with E-state index < -0.39 is 22.9 Å². The standard InChI is InChI=1S/C22H18N2O6/c1-14-10-11-18(19(12-14)24(28)29)23-21(26)20(15-6-3-2-4-7-15)30-22(27)16-8-5-9-17(25)13-16/h2-13,20,25H,1H3,(H,23,26)/t20-/m1/s1. The highest BCUT2D eigenvalue weighted by molar-refractivity contribution is 5.99. The van der Waals surface area contributed by atoms with Gasteiger partial charge in [-0.05, 0) is 36.8 Å². The number of ether oxygens (including phenoxy) is 1. The first-order valence-electron chi connectivity index (χ1n) is 8.96. The number of nitro groups is 1. The summed E-state index contributed by atoms with van der Waals surface area (Å²) in [5, 5.41) is 23.4. The molecule has 0 aliphatic heterocycles. The van der Waals surface area contributed by atoms with Gasteiger partial charge in [0.1, 0.15) is 11.4 Å². The topological polar surface area (TPSA) is 119 Å². The second-order valence-electron chi connectivity index (χ2n) is 6.51. The molecule has 0 fully saturated rings. The summed E-state index contributed by atoms with van der Waals surface area (Å²) in [6.07, 6.45) is -1.36. The monoisotopic (exact) mass is 406 g/mol. The quantitative estimate of drug-likeness (QED) is 0.361. The Morgan fingerprint density at radius 1 is 1.03 bits per heavy atom. The maximum atomic E-state index is 12.9. The van der Waals surface area contributed by atoms with Crippen LogP contribution in [0.2, 0.25) is 0 Å². The van der Waals surface area contributed by atoms with E-state index in [1.165, 1.54) is 36.4 Å². The fraction of sp³-hybridized carbons (Fsp3) is 0.0909. The number of benzene rings is 3. The maximum absolute atomic E-state index is 12.9. The van der Waals surface area contributed by atoms with Crippen LogP contribution in [0.25, 0.3) is 0 Å². The van der Waals surface area contributed by atoms with Crippen LogP contribution in [0.4, 0.5) is 11.4 Å². The summed E-state index contributed by atoms with van der Waals surface area (Å²) in [6.45, 7) is 1.70. The second kappa shape index (κ2) is 8.87. The molecular formula is C22H18N2O6. The lowest BCUT2D eigenvalue weighted by molar-refractivity contribution is -0.384. The Bertz CT molecular complexity index is 1100. The van der Waals surface area contributed by atoms with Crippen molar-refractivity contribution in [2.45, 2.75) is 13.0 Å². The number of carbonyl (C=O) groups excluding carboxylic acids is 2. The average Bonchev–Trinajstić information content (AvgIpc) is 2.73. The Morgan fingerprint density at radius 3 is 2.43 bits per heavy atom. The highest BCUT2D eigenvalue weighted by atomic mass is 16.6. The SMILES string of the molecule is Cc1ccc(NC(=O)[C@H](OC(=O)c2cccc(O)c2)c2ccccc2)c([N+](=O)[O-])c1. The third-order valence-electron chi connectivity index (χ3n) is 4.25. The van der Waals surface area contributed by atoms with Gasteiger partial charge >= 0.3 is 5.97 Å². The molecule has 0 aliphatic carbocycles. The van der Waals surface area contributed by atoms with Crippen molar-refractivity contribution >= 4 is 23.3 Å². The highest BCUT2D eigenvalue weighted by Crippen LogP contribution is 2.28. The number of aromatic hydroxyl groups is 1. The largest absolute Gasteiger partial charge is 0.508 e. The first-order chi connectivity index (χ1) is 14.3. The number of rotatable bonds is 6. The van der Waals surface area contributed by atoms with Gasteiger partial charge in [-0.15, -0.1) is 0 Å². The number of hydrogen-bond acceptors (Lipinski definition) is 6. The van der Waals surface area contributed by atoms with Crippen LogP contribution in [0.3, 0.4) is 0 Å². The van der Waals surface area contributed by atoms with Crippen molar-refractivity contribution in [1.29, 1.82) is 0 Å². The van der Waals surface area contributed by atoms with Gasteiger partial charge in [-0.3, -0.25) is 14.9 Å². The summed E-state index contributed by atoms with van der Waals surface area (Å²) >= 11 is 0. The molecule has 0 aliphatic rings. The molecule has 0 aromatic heterocycles. The number of nitrogens with zero attached hydrogens (tertiary/aromatic N) is 1.